The zero-order chi connectivity index (χ0) is 17.9. The first-order chi connectivity index (χ1) is 12.0. The highest BCUT2D eigenvalue weighted by atomic mass is 32.2. The van der Waals surface area contributed by atoms with Crippen LogP contribution in [-0.2, 0) is 14.8 Å². The summed E-state index contributed by atoms with van der Waals surface area (Å²) in [7, 11) is -3.76. The van der Waals surface area contributed by atoms with Crippen molar-refractivity contribution < 1.29 is 17.9 Å². The quantitative estimate of drug-likeness (QED) is 0.907. The van der Waals surface area contributed by atoms with Gasteiger partial charge in [0.2, 0.25) is 0 Å². The van der Waals surface area contributed by atoms with E-state index < -0.39 is 10.0 Å². The fourth-order valence-electron chi connectivity index (χ4n) is 2.67. The summed E-state index contributed by atoms with van der Waals surface area (Å²) < 4.78 is 33.0. The van der Waals surface area contributed by atoms with Crippen LogP contribution in [0.2, 0.25) is 0 Å². The maximum absolute atomic E-state index is 12.6. The lowest BCUT2D eigenvalue weighted by molar-refractivity contribution is 0.0302. The minimum atomic E-state index is -3.76. The van der Waals surface area contributed by atoms with Gasteiger partial charge >= 0.3 is 0 Å². The fraction of sp³-hybridized carbons (Fsp3) is 0.278. The molecule has 0 aromatic heterocycles. The van der Waals surface area contributed by atoms with Crippen molar-refractivity contribution in [1.82, 2.24) is 4.90 Å². The number of rotatable bonds is 4. The predicted octanol–water partition coefficient (Wildman–Crippen LogP) is 2.27. The maximum atomic E-state index is 12.6. The Bertz CT molecular complexity index is 874. The molecule has 3 rings (SSSR count). The van der Waals surface area contributed by atoms with Crippen molar-refractivity contribution in [1.29, 1.82) is 0 Å². The van der Waals surface area contributed by atoms with Crippen LogP contribution in [0.1, 0.15) is 15.9 Å². The molecule has 1 aliphatic heterocycles. The zero-order valence-corrected chi connectivity index (χ0v) is 14.8. The van der Waals surface area contributed by atoms with Crippen molar-refractivity contribution in [2.24, 2.45) is 0 Å². The third-order valence-corrected chi connectivity index (χ3v) is 5.34. The monoisotopic (exact) mass is 360 g/mol. The van der Waals surface area contributed by atoms with Gasteiger partial charge in [0.1, 0.15) is 0 Å². The van der Waals surface area contributed by atoms with Gasteiger partial charge in [-0.3, -0.25) is 9.52 Å². The molecule has 0 bridgehead atoms. The molecular weight excluding hydrogens is 340 g/mol. The summed E-state index contributed by atoms with van der Waals surface area (Å²) in [6.07, 6.45) is 0. The Hall–Kier alpha value is -2.38. The molecule has 0 unspecified atom stereocenters. The van der Waals surface area contributed by atoms with Crippen LogP contribution in [0.15, 0.2) is 53.4 Å². The van der Waals surface area contributed by atoms with Gasteiger partial charge in [-0.1, -0.05) is 18.2 Å². The molecule has 25 heavy (non-hydrogen) atoms. The standard InChI is InChI=1S/C18H20N2O4S/c1-14-4-2-6-16(12-14)19-25(22,23)17-7-3-5-15(13-17)18(21)20-8-10-24-11-9-20/h2-7,12-13,19H,8-11H2,1H3. The van der Waals surface area contributed by atoms with E-state index in [9.17, 15) is 13.2 Å². The molecule has 1 saturated heterocycles. The zero-order valence-electron chi connectivity index (χ0n) is 13.9. The molecule has 0 radical (unpaired) electrons. The largest absolute Gasteiger partial charge is 0.378 e. The van der Waals surface area contributed by atoms with Crippen molar-refractivity contribution in [3.05, 3.63) is 59.7 Å². The summed E-state index contributed by atoms with van der Waals surface area (Å²) >= 11 is 0. The number of aryl methyl sites for hydroxylation is 1. The third-order valence-electron chi connectivity index (χ3n) is 3.96. The average Bonchev–Trinajstić information content (AvgIpc) is 2.61. The van der Waals surface area contributed by atoms with Gasteiger partial charge in [-0.25, -0.2) is 8.42 Å². The lowest BCUT2D eigenvalue weighted by atomic mass is 10.2. The van der Waals surface area contributed by atoms with Crippen molar-refractivity contribution in [3.63, 3.8) is 0 Å². The highest BCUT2D eigenvalue weighted by Crippen LogP contribution is 2.19. The third kappa shape index (κ3) is 4.18. The Balaban J connectivity index is 1.83. The number of sulfonamides is 1. The first-order valence-corrected chi connectivity index (χ1v) is 9.51. The highest BCUT2D eigenvalue weighted by molar-refractivity contribution is 7.92. The second kappa shape index (κ2) is 7.25. The summed E-state index contributed by atoms with van der Waals surface area (Å²) in [6.45, 7) is 3.91. The molecule has 1 heterocycles. The minimum Gasteiger partial charge on any atom is -0.378 e. The molecule has 1 N–H and O–H groups in total. The molecule has 0 aliphatic carbocycles. The lowest BCUT2D eigenvalue weighted by Gasteiger charge is -2.27. The summed E-state index contributed by atoms with van der Waals surface area (Å²) in [5.41, 5.74) is 1.80. The molecular formula is C18H20N2O4S. The van der Waals surface area contributed by atoms with Crippen molar-refractivity contribution >= 4 is 21.6 Å². The maximum Gasteiger partial charge on any atom is 0.261 e. The SMILES string of the molecule is Cc1cccc(NS(=O)(=O)c2cccc(C(=O)N3CCOCC3)c2)c1. The summed E-state index contributed by atoms with van der Waals surface area (Å²) in [5.74, 6) is -0.184. The average molecular weight is 360 g/mol. The number of hydrogen-bond acceptors (Lipinski definition) is 4. The number of hydrogen-bond donors (Lipinski definition) is 1. The van der Waals surface area contributed by atoms with Gasteiger partial charge in [-0.05, 0) is 42.8 Å². The van der Waals surface area contributed by atoms with E-state index in [-0.39, 0.29) is 10.8 Å². The summed E-state index contributed by atoms with van der Waals surface area (Å²) in [4.78, 5) is 14.3. The summed E-state index contributed by atoms with van der Waals surface area (Å²) in [5, 5.41) is 0. The van der Waals surface area contributed by atoms with Crippen LogP contribution in [0, 0.1) is 6.92 Å². The smallest absolute Gasteiger partial charge is 0.261 e. The van der Waals surface area contributed by atoms with E-state index in [4.69, 9.17) is 4.74 Å². The van der Waals surface area contributed by atoms with E-state index >= 15 is 0 Å². The number of amides is 1. The van der Waals surface area contributed by atoms with E-state index in [1.165, 1.54) is 12.1 Å². The molecule has 0 saturated carbocycles. The molecule has 7 heteroatoms. The molecule has 1 fully saturated rings. The van der Waals surface area contributed by atoms with Crippen LogP contribution in [0.3, 0.4) is 0 Å². The van der Waals surface area contributed by atoms with Crippen LogP contribution in [-0.4, -0.2) is 45.5 Å². The number of carbonyl (C=O) groups is 1. The topological polar surface area (TPSA) is 75.7 Å². The van der Waals surface area contributed by atoms with E-state index in [0.29, 0.717) is 37.6 Å². The number of nitrogens with one attached hydrogen (secondary N) is 1. The van der Waals surface area contributed by atoms with Crippen LogP contribution in [0.4, 0.5) is 5.69 Å². The normalized spacial score (nSPS) is 15.0. The van der Waals surface area contributed by atoms with Gasteiger partial charge in [0, 0.05) is 24.3 Å². The second-order valence-corrected chi connectivity index (χ2v) is 7.59. The molecule has 0 atom stereocenters. The van der Waals surface area contributed by atoms with E-state index in [2.05, 4.69) is 4.72 Å². The van der Waals surface area contributed by atoms with Crippen molar-refractivity contribution in [2.45, 2.75) is 11.8 Å². The Morgan fingerprint density at radius 3 is 2.52 bits per heavy atom. The van der Waals surface area contributed by atoms with Gasteiger partial charge in [0.25, 0.3) is 15.9 Å². The van der Waals surface area contributed by atoms with Gasteiger partial charge in [0.15, 0.2) is 0 Å². The summed E-state index contributed by atoms with van der Waals surface area (Å²) in [6, 6.07) is 13.2. The molecule has 132 valence electrons. The van der Waals surface area contributed by atoms with Crippen LogP contribution in [0.5, 0.6) is 0 Å². The minimum absolute atomic E-state index is 0.0631. The Labute approximate surface area is 147 Å². The molecule has 2 aromatic carbocycles. The van der Waals surface area contributed by atoms with Crippen molar-refractivity contribution in [2.75, 3.05) is 31.0 Å². The second-order valence-electron chi connectivity index (χ2n) is 5.91. The van der Waals surface area contributed by atoms with Crippen molar-refractivity contribution in [3.8, 4) is 0 Å². The number of anilines is 1. The first kappa shape index (κ1) is 17.4. The van der Waals surface area contributed by atoms with Gasteiger partial charge < -0.3 is 9.64 Å². The number of morpholine rings is 1. The predicted molar refractivity (Wildman–Crippen MR) is 95.2 cm³/mol. The van der Waals surface area contributed by atoms with Crippen LogP contribution < -0.4 is 4.72 Å². The van der Waals surface area contributed by atoms with E-state index in [1.54, 1.807) is 35.2 Å². The molecule has 0 spiro atoms. The number of carbonyl (C=O) groups excluding carboxylic acids is 1. The molecule has 1 aliphatic rings. The Kier molecular flexibility index (Phi) is 5.06. The number of ether oxygens (including phenoxy) is 1. The van der Waals surface area contributed by atoms with E-state index in [1.807, 2.05) is 13.0 Å². The van der Waals surface area contributed by atoms with Gasteiger partial charge in [-0.2, -0.15) is 0 Å². The number of benzene rings is 2. The van der Waals surface area contributed by atoms with E-state index in [0.717, 1.165) is 5.56 Å². The Morgan fingerprint density at radius 1 is 1.08 bits per heavy atom. The van der Waals surface area contributed by atoms with Crippen LogP contribution >= 0.6 is 0 Å². The van der Waals surface area contributed by atoms with Gasteiger partial charge in [0.05, 0.1) is 18.1 Å². The highest BCUT2D eigenvalue weighted by Gasteiger charge is 2.21. The van der Waals surface area contributed by atoms with Gasteiger partial charge in [-0.15, -0.1) is 0 Å². The fourth-order valence-corrected chi connectivity index (χ4v) is 3.76. The number of nitrogens with zero attached hydrogens (tertiary/aromatic N) is 1. The van der Waals surface area contributed by atoms with Crippen LogP contribution in [0.25, 0.3) is 0 Å². The first-order valence-electron chi connectivity index (χ1n) is 8.02. The molecule has 1 amide bonds. The lowest BCUT2D eigenvalue weighted by Crippen LogP contribution is -2.40. The Morgan fingerprint density at radius 2 is 1.80 bits per heavy atom. The molecule has 2 aromatic rings. The molecule has 6 nitrogen and oxygen atoms in total.